The van der Waals surface area contributed by atoms with Crippen LogP contribution in [0.25, 0.3) is 0 Å². The fraction of sp³-hybridized carbons (Fsp3) is 0.722. The van der Waals surface area contributed by atoms with E-state index in [1.165, 1.54) is 11.8 Å². The van der Waals surface area contributed by atoms with E-state index in [1.54, 1.807) is 13.8 Å². The summed E-state index contributed by atoms with van der Waals surface area (Å²) < 4.78 is 0. The first-order valence-corrected chi connectivity index (χ1v) is 11.1. The van der Waals surface area contributed by atoms with E-state index in [4.69, 9.17) is 16.6 Å². The van der Waals surface area contributed by atoms with Crippen molar-refractivity contribution in [1.29, 1.82) is 0 Å². The van der Waals surface area contributed by atoms with Gasteiger partial charge in [-0.1, -0.05) is 13.8 Å². The molecule has 0 aliphatic rings. The Hall–Kier alpha value is -2.38. The van der Waals surface area contributed by atoms with Gasteiger partial charge >= 0.3 is 5.97 Å². The number of aliphatic hydroxyl groups is 1. The normalized spacial score (nSPS) is 15.8. The van der Waals surface area contributed by atoms with Crippen LogP contribution in [0.3, 0.4) is 0 Å². The lowest BCUT2D eigenvalue weighted by atomic mass is 10.0. The van der Waals surface area contributed by atoms with Crippen molar-refractivity contribution in [2.75, 3.05) is 12.0 Å². The first-order chi connectivity index (χ1) is 14.3. The molecule has 13 heteroatoms. The summed E-state index contributed by atoms with van der Waals surface area (Å²) in [5.74, 6) is -4.50. The summed E-state index contributed by atoms with van der Waals surface area (Å²) in [7, 11) is 0. The average molecular weight is 464 g/mol. The lowest BCUT2D eigenvalue weighted by Crippen LogP contribution is -2.59. The van der Waals surface area contributed by atoms with Crippen LogP contribution in [0.15, 0.2) is 0 Å². The number of hydrogen-bond donors (Lipinski definition) is 7. The van der Waals surface area contributed by atoms with Gasteiger partial charge in [0.05, 0.1) is 18.6 Å². The number of aliphatic carboxylic acids is 1. The lowest BCUT2D eigenvalue weighted by molar-refractivity contribution is -0.145. The number of carboxylic acids is 1. The van der Waals surface area contributed by atoms with Crippen LogP contribution in [0.2, 0.25) is 0 Å². The molecule has 0 aromatic carbocycles. The van der Waals surface area contributed by atoms with E-state index < -0.39 is 72.2 Å². The van der Waals surface area contributed by atoms with E-state index >= 15 is 0 Å². The SMILES string of the molecule is CSCCC(N)C(=O)NC(C(=O)NC(CC(N)=O)C(=O)NC(C(=O)O)C(C)O)C(C)C. The maximum absolute atomic E-state index is 12.7. The molecule has 0 aromatic heterocycles. The van der Waals surface area contributed by atoms with Crippen molar-refractivity contribution >= 4 is 41.4 Å². The van der Waals surface area contributed by atoms with Crippen LogP contribution in [0.5, 0.6) is 0 Å². The molecule has 9 N–H and O–H groups in total. The second-order valence-electron chi connectivity index (χ2n) is 7.41. The Balaban J connectivity index is 5.39. The van der Waals surface area contributed by atoms with Gasteiger partial charge in [-0.25, -0.2) is 4.79 Å². The average Bonchev–Trinajstić information content (AvgIpc) is 2.65. The van der Waals surface area contributed by atoms with E-state index in [9.17, 15) is 29.1 Å². The van der Waals surface area contributed by atoms with Crippen molar-refractivity contribution < 1.29 is 34.2 Å². The van der Waals surface area contributed by atoms with E-state index in [1.807, 2.05) is 6.26 Å². The molecule has 0 aromatic rings. The molecule has 0 saturated heterocycles. The molecule has 0 saturated carbocycles. The highest BCUT2D eigenvalue weighted by Gasteiger charge is 2.33. The minimum Gasteiger partial charge on any atom is -0.480 e. The molecule has 178 valence electrons. The van der Waals surface area contributed by atoms with Gasteiger partial charge in [-0.15, -0.1) is 0 Å². The van der Waals surface area contributed by atoms with Crippen LogP contribution in [0, 0.1) is 5.92 Å². The quantitative estimate of drug-likeness (QED) is 0.145. The van der Waals surface area contributed by atoms with Crippen molar-refractivity contribution in [2.45, 2.75) is 63.9 Å². The predicted octanol–water partition coefficient (Wildman–Crippen LogP) is -2.48. The van der Waals surface area contributed by atoms with Gasteiger partial charge in [0.25, 0.3) is 0 Å². The third kappa shape index (κ3) is 10.5. The summed E-state index contributed by atoms with van der Waals surface area (Å²) in [4.78, 5) is 60.0. The van der Waals surface area contributed by atoms with E-state index in [-0.39, 0.29) is 0 Å². The van der Waals surface area contributed by atoms with E-state index in [0.29, 0.717) is 12.2 Å². The lowest BCUT2D eigenvalue weighted by Gasteiger charge is -2.27. The third-order valence-corrected chi connectivity index (χ3v) is 4.95. The van der Waals surface area contributed by atoms with Crippen LogP contribution in [0.4, 0.5) is 0 Å². The number of amides is 4. The Morgan fingerprint density at radius 1 is 0.935 bits per heavy atom. The molecular weight excluding hydrogens is 430 g/mol. The molecule has 0 heterocycles. The Kier molecular flexibility index (Phi) is 12.8. The molecule has 0 aliphatic heterocycles. The van der Waals surface area contributed by atoms with Gasteiger partial charge in [-0.05, 0) is 31.3 Å². The topological polar surface area (TPSA) is 214 Å². The number of aliphatic hydroxyl groups excluding tert-OH is 1. The smallest absolute Gasteiger partial charge is 0.328 e. The van der Waals surface area contributed by atoms with Crippen molar-refractivity contribution in [3.05, 3.63) is 0 Å². The number of carboxylic acid groups (broad SMARTS) is 1. The van der Waals surface area contributed by atoms with E-state index in [2.05, 4.69) is 16.0 Å². The Morgan fingerprint density at radius 3 is 1.90 bits per heavy atom. The first-order valence-electron chi connectivity index (χ1n) is 9.66. The van der Waals surface area contributed by atoms with Crippen LogP contribution >= 0.6 is 11.8 Å². The molecule has 0 rings (SSSR count). The first kappa shape index (κ1) is 28.6. The van der Waals surface area contributed by atoms with Crippen molar-refractivity contribution in [3.63, 3.8) is 0 Å². The summed E-state index contributed by atoms with van der Waals surface area (Å²) in [5, 5.41) is 25.5. The van der Waals surface area contributed by atoms with Crippen LogP contribution < -0.4 is 27.4 Å². The van der Waals surface area contributed by atoms with Gasteiger partial charge in [0.1, 0.15) is 12.1 Å². The molecule has 0 spiro atoms. The van der Waals surface area contributed by atoms with Gasteiger partial charge in [0.2, 0.25) is 23.6 Å². The van der Waals surface area contributed by atoms with Gasteiger partial charge < -0.3 is 37.6 Å². The highest BCUT2D eigenvalue weighted by atomic mass is 32.2. The molecular formula is C18H33N5O7S. The minimum atomic E-state index is -1.66. The zero-order chi connectivity index (χ0) is 24.3. The van der Waals surface area contributed by atoms with Crippen molar-refractivity contribution in [2.24, 2.45) is 17.4 Å². The number of rotatable bonds is 14. The minimum absolute atomic E-state index is 0.391. The molecule has 4 amide bonds. The number of thioether (sulfide) groups is 1. The molecule has 31 heavy (non-hydrogen) atoms. The number of carbonyl (C=O) groups excluding carboxylic acids is 4. The zero-order valence-corrected chi connectivity index (χ0v) is 18.9. The molecule has 0 aliphatic carbocycles. The Morgan fingerprint density at radius 2 is 1.48 bits per heavy atom. The van der Waals surface area contributed by atoms with Gasteiger partial charge in [-0.3, -0.25) is 19.2 Å². The highest BCUT2D eigenvalue weighted by molar-refractivity contribution is 7.98. The van der Waals surface area contributed by atoms with E-state index in [0.717, 1.165) is 6.92 Å². The summed E-state index contributed by atoms with van der Waals surface area (Å²) in [5.41, 5.74) is 11.0. The predicted molar refractivity (Wildman–Crippen MR) is 115 cm³/mol. The van der Waals surface area contributed by atoms with Crippen molar-refractivity contribution in [1.82, 2.24) is 16.0 Å². The van der Waals surface area contributed by atoms with Crippen LogP contribution in [-0.2, 0) is 24.0 Å². The second kappa shape index (κ2) is 13.8. The Bertz CT molecular complexity index is 659. The summed E-state index contributed by atoms with van der Waals surface area (Å²) in [6, 6.07) is -5.06. The zero-order valence-electron chi connectivity index (χ0n) is 18.1. The van der Waals surface area contributed by atoms with Crippen LogP contribution in [-0.4, -0.2) is 82.1 Å². The van der Waals surface area contributed by atoms with Gasteiger partial charge in [0.15, 0.2) is 6.04 Å². The third-order valence-electron chi connectivity index (χ3n) is 4.30. The number of hydrogen-bond acceptors (Lipinski definition) is 8. The maximum Gasteiger partial charge on any atom is 0.328 e. The fourth-order valence-electron chi connectivity index (χ4n) is 2.49. The van der Waals surface area contributed by atoms with Crippen molar-refractivity contribution in [3.8, 4) is 0 Å². The number of primary amides is 1. The molecule has 5 atom stereocenters. The molecule has 0 radical (unpaired) electrons. The fourth-order valence-corrected chi connectivity index (χ4v) is 2.98. The largest absolute Gasteiger partial charge is 0.480 e. The number of nitrogens with one attached hydrogen (secondary N) is 3. The highest BCUT2D eigenvalue weighted by Crippen LogP contribution is 2.06. The number of carbonyl (C=O) groups is 5. The van der Waals surface area contributed by atoms with Gasteiger partial charge in [-0.2, -0.15) is 11.8 Å². The summed E-state index contributed by atoms with van der Waals surface area (Å²) in [6.45, 7) is 4.48. The monoisotopic (exact) mass is 463 g/mol. The summed E-state index contributed by atoms with van der Waals surface area (Å²) >= 11 is 1.52. The second-order valence-corrected chi connectivity index (χ2v) is 8.40. The summed E-state index contributed by atoms with van der Waals surface area (Å²) in [6.07, 6.45) is 0.222. The van der Waals surface area contributed by atoms with Gasteiger partial charge in [0, 0.05) is 0 Å². The molecule has 5 unspecified atom stereocenters. The maximum atomic E-state index is 12.7. The molecule has 12 nitrogen and oxygen atoms in total. The number of nitrogens with two attached hydrogens (primary N) is 2. The molecule has 0 bridgehead atoms. The molecule has 0 fully saturated rings. The van der Waals surface area contributed by atoms with Crippen LogP contribution in [0.1, 0.15) is 33.6 Å². The Labute approximate surface area is 185 Å². The standard InChI is InChI=1S/C18H33N5O7S/c1-8(2)13(22-15(26)10(19)5-6-31-4)17(28)21-11(7-12(20)25)16(27)23-14(9(3)24)18(29)30/h8-11,13-14,24H,5-7,19H2,1-4H3,(H2,20,25)(H,21,28)(H,22,26)(H,23,27)(H,29,30).